The molecule has 0 aliphatic carbocycles. The summed E-state index contributed by atoms with van der Waals surface area (Å²) in [7, 11) is 0. The van der Waals surface area contributed by atoms with Gasteiger partial charge in [0.25, 0.3) is 0 Å². The fourth-order valence-electron chi connectivity index (χ4n) is 2.55. The number of carbonyl (C=O) groups excluding carboxylic acids is 1. The second-order valence-electron chi connectivity index (χ2n) is 6.26. The molecule has 2 heteroatoms. The maximum absolute atomic E-state index is 11.5. The number of Topliss-reactive ketones (excluding diaryl/α,β-unsaturated/α-hetero) is 1. The summed E-state index contributed by atoms with van der Waals surface area (Å²) in [4.78, 5) is 11.5. The molecule has 0 saturated heterocycles. The first-order valence-corrected chi connectivity index (χ1v) is 8.22. The zero-order valence-electron chi connectivity index (χ0n) is 14.2. The Bertz CT molecular complexity index is 449. The highest BCUT2D eigenvalue weighted by Crippen LogP contribution is 2.30. The number of ketones is 1. The number of hydrogen-bond acceptors (Lipinski definition) is 2. The first-order chi connectivity index (χ1) is 9.97. The molecule has 1 aromatic rings. The van der Waals surface area contributed by atoms with Crippen LogP contribution in [0.3, 0.4) is 0 Å². The Labute approximate surface area is 129 Å². The SMILES string of the molecule is CCC(=O)CCC(CC)c1ccc(OCC(C)C)cc1C. The van der Waals surface area contributed by atoms with E-state index >= 15 is 0 Å². The lowest BCUT2D eigenvalue weighted by Crippen LogP contribution is -2.06. The Balaban J connectivity index is 2.74. The Kier molecular flexibility index (Phi) is 7.49. The van der Waals surface area contributed by atoms with Crippen LogP contribution in [0.4, 0.5) is 0 Å². The summed E-state index contributed by atoms with van der Waals surface area (Å²) in [5, 5.41) is 0. The number of carbonyl (C=O) groups is 1. The second-order valence-corrected chi connectivity index (χ2v) is 6.26. The van der Waals surface area contributed by atoms with Crippen LogP contribution in [-0.2, 0) is 4.79 Å². The Morgan fingerprint density at radius 2 is 1.95 bits per heavy atom. The fraction of sp³-hybridized carbons (Fsp3) is 0.632. The average Bonchev–Trinajstić information content (AvgIpc) is 2.46. The molecule has 118 valence electrons. The van der Waals surface area contributed by atoms with Crippen LogP contribution in [-0.4, -0.2) is 12.4 Å². The van der Waals surface area contributed by atoms with Gasteiger partial charge in [-0.2, -0.15) is 0 Å². The number of rotatable bonds is 9. The summed E-state index contributed by atoms with van der Waals surface area (Å²) < 4.78 is 5.78. The third-order valence-corrected chi connectivity index (χ3v) is 3.92. The molecule has 0 aliphatic heterocycles. The standard InChI is InChI=1S/C19H30O2/c1-6-16(8-9-17(20)7-2)19-11-10-18(12-15(19)5)21-13-14(3)4/h10-12,14,16H,6-9,13H2,1-5H3. The molecular formula is C19H30O2. The van der Waals surface area contributed by atoms with Crippen molar-refractivity contribution in [1.82, 2.24) is 0 Å². The van der Waals surface area contributed by atoms with Crippen molar-refractivity contribution in [3.63, 3.8) is 0 Å². The third kappa shape index (κ3) is 5.91. The molecule has 2 nitrogen and oxygen atoms in total. The van der Waals surface area contributed by atoms with Crippen molar-refractivity contribution >= 4 is 5.78 Å². The largest absolute Gasteiger partial charge is 0.493 e. The van der Waals surface area contributed by atoms with Gasteiger partial charge in [-0.1, -0.05) is 33.8 Å². The molecule has 0 aliphatic rings. The first-order valence-electron chi connectivity index (χ1n) is 8.22. The molecule has 0 N–H and O–H groups in total. The molecule has 0 bridgehead atoms. The van der Waals surface area contributed by atoms with E-state index in [1.54, 1.807) is 0 Å². The predicted molar refractivity (Wildman–Crippen MR) is 89.1 cm³/mol. The van der Waals surface area contributed by atoms with Crippen LogP contribution in [0.25, 0.3) is 0 Å². The smallest absolute Gasteiger partial charge is 0.132 e. The molecule has 0 heterocycles. The minimum absolute atomic E-state index is 0.364. The zero-order valence-corrected chi connectivity index (χ0v) is 14.2. The number of benzene rings is 1. The Morgan fingerprint density at radius 1 is 1.24 bits per heavy atom. The molecule has 0 fully saturated rings. The van der Waals surface area contributed by atoms with E-state index in [1.807, 2.05) is 6.92 Å². The molecule has 1 aromatic carbocycles. The summed E-state index contributed by atoms with van der Waals surface area (Å²) >= 11 is 0. The van der Waals surface area contributed by atoms with E-state index in [-0.39, 0.29) is 0 Å². The summed E-state index contributed by atoms with van der Waals surface area (Å²) in [5.41, 5.74) is 2.63. The molecule has 0 saturated carbocycles. The van der Waals surface area contributed by atoms with Crippen molar-refractivity contribution < 1.29 is 9.53 Å². The molecule has 0 aromatic heterocycles. The van der Waals surface area contributed by atoms with Crippen molar-refractivity contribution in [2.24, 2.45) is 5.92 Å². The minimum atomic E-state index is 0.364. The number of ether oxygens (including phenoxy) is 1. The molecule has 0 amide bonds. The number of hydrogen-bond donors (Lipinski definition) is 0. The molecule has 0 spiro atoms. The van der Waals surface area contributed by atoms with Gasteiger partial charge in [-0.3, -0.25) is 4.79 Å². The van der Waals surface area contributed by atoms with Gasteiger partial charge in [-0.05, 0) is 54.9 Å². The maximum Gasteiger partial charge on any atom is 0.132 e. The summed E-state index contributed by atoms with van der Waals surface area (Å²) in [5.74, 6) is 2.32. The monoisotopic (exact) mass is 290 g/mol. The van der Waals surface area contributed by atoms with E-state index < -0.39 is 0 Å². The molecule has 0 radical (unpaired) electrons. The van der Waals surface area contributed by atoms with Crippen molar-refractivity contribution in [3.05, 3.63) is 29.3 Å². The van der Waals surface area contributed by atoms with Crippen molar-refractivity contribution in [2.75, 3.05) is 6.61 Å². The van der Waals surface area contributed by atoms with Gasteiger partial charge in [0.2, 0.25) is 0 Å². The van der Waals surface area contributed by atoms with Gasteiger partial charge in [0.05, 0.1) is 6.61 Å². The van der Waals surface area contributed by atoms with Gasteiger partial charge in [0.1, 0.15) is 11.5 Å². The van der Waals surface area contributed by atoms with E-state index in [2.05, 4.69) is 45.9 Å². The zero-order chi connectivity index (χ0) is 15.8. The Hall–Kier alpha value is -1.31. The van der Waals surface area contributed by atoms with Gasteiger partial charge in [0, 0.05) is 12.8 Å². The summed E-state index contributed by atoms with van der Waals surface area (Å²) in [6, 6.07) is 6.37. The van der Waals surface area contributed by atoms with Crippen molar-refractivity contribution in [3.8, 4) is 5.75 Å². The summed E-state index contributed by atoms with van der Waals surface area (Å²) in [6.07, 6.45) is 3.37. The normalized spacial score (nSPS) is 12.5. The topological polar surface area (TPSA) is 26.3 Å². The quantitative estimate of drug-likeness (QED) is 0.618. The molecule has 1 unspecified atom stereocenters. The van der Waals surface area contributed by atoms with Gasteiger partial charge in [-0.25, -0.2) is 0 Å². The van der Waals surface area contributed by atoms with Gasteiger partial charge >= 0.3 is 0 Å². The van der Waals surface area contributed by atoms with E-state index in [0.717, 1.165) is 25.2 Å². The lowest BCUT2D eigenvalue weighted by molar-refractivity contribution is -0.118. The van der Waals surface area contributed by atoms with Crippen LogP contribution >= 0.6 is 0 Å². The van der Waals surface area contributed by atoms with Crippen molar-refractivity contribution in [1.29, 1.82) is 0 Å². The third-order valence-electron chi connectivity index (χ3n) is 3.92. The van der Waals surface area contributed by atoms with Crippen LogP contribution in [0.1, 0.15) is 70.4 Å². The minimum Gasteiger partial charge on any atom is -0.493 e. The maximum atomic E-state index is 11.5. The second kappa shape index (κ2) is 8.86. The summed E-state index contributed by atoms with van der Waals surface area (Å²) in [6.45, 7) is 11.3. The lowest BCUT2D eigenvalue weighted by Gasteiger charge is -2.18. The van der Waals surface area contributed by atoms with Crippen LogP contribution in [0.15, 0.2) is 18.2 Å². The van der Waals surface area contributed by atoms with E-state index in [9.17, 15) is 4.79 Å². The molecule has 1 atom stereocenters. The first kappa shape index (κ1) is 17.7. The van der Waals surface area contributed by atoms with E-state index in [0.29, 0.717) is 30.5 Å². The highest BCUT2D eigenvalue weighted by Gasteiger charge is 2.14. The average molecular weight is 290 g/mol. The van der Waals surface area contributed by atoms with Gasteiger partial charge < -0.3 is 4.74 Å². The fourth-order valence-corrected chi connectivity index (χ4v) is 2.55. The van der Waals surface area contributed by atoms with Crippen LogP contribution < -0.4 is 4.74 Å². The van der Waals surface area contributed by atoms with Crippen LogP contribution in [0.2, 0.25) is 0 Å². The van der Waals surface area contributed by atoms with Crippen molar-refractivity contribution in [2.45, 2.75) is 66.2 Å². The van der Waals surface area contributed by atoms with E-state index in [1.165, 1.54) is 11.1 Å². The van der Waals surface area contributed by atoms with Gasteiger partial charge in [-0.15, -0.1) is 0 Å². The number of aryl methyl sites for hydroxylation is 1. The predicted octanol–water partition coefficient (Wildman–Crippen LogP) is 5.28. The van der Waals surface area contributed by atoms with Crippen LogP contribution in [0.5, 0.6) is 5.75 Å². The highest BCUT2D eigenvalue weighted by molar-refractivity contribution is 5.78. The Morgan fingerprint density at radius 3 is 2.48 bits per heavy atom. The van der Waals surface area contributed by atoms with E-state index in [4.69, 9.17) is 4.74 Å². The van der Waals surface area contributed by atoms with Crippen LogP contribution in [0, 0.1) is 12.8 Å². The molecular weight excluding hydrogens is 260 g/mol. The lowest BCUT2D eigenvalue weighted by atomic mass is 9.88. The molecule has 21 heavy (non-hydrogen) atoms. The molecule has 1 rings (SSSR count). The highest BCUT2D eigenvalue weighted by atomic mass is 16.5. The van der Waals surface area contributed by atoms with Gasteiger partial charge in [0.15, 0.2) is 0 Å².